The maximum absolute atomic E-state index is 6.22. The fraction of sp³-hybridized carbons (Fsp3) is 0.300. The SMILES string of the molecule is C=CCN(Cc1ccccc1)C[C@@H](N)COCc1ccccc1. The quantitative estimate of drug-likeness (QED) is 0.685. The molecule has 23 heavy (non-hydrogen) atoms. The van der Waals surface area contributed by atoms with E-state index < -0.39 is 0 Å². The van der Waals surface area contributed by atoms with Crippen molar-refractivity contribution in [2.75, 3.05) is 19.7 Å². The largest absolute Gasteiger partial charge is 0.375 e. The Morgan fingerprint density at radius 1 is 1.00 bits per heavy atom. The summed E-state index contributed by atoms with van der Waals surface area (Å²) in [6.07, 6.45) is 1.92. The van der Waals surface area contributed by atoms with E-state index in [1.165, 1.54) is 11.1 Å². The molecule has 0 amide bonds. The van der Waals surface area contributed by atoms with Crippen LogP contribution in [0.4, 0.5) is 0 Å². The Kier molecular flexibility index (Phi) is 7.54. The molecule has 0 saturated heterocycles. The van der Waals surface area contributed by atoms with Crippen LogP contribution in [-0.2, 0) is 17.9 Å². The van der Waals surface area contributed by atoms with E-state index in [2.05, 4.69) is 47.9 Å². The number of rotatable bonds is 10. The standard InChI is InChI=1S/C20H26N2O/c1-2-13-22(14-18-9-5-3-6-10-18)15-20(21)17-23-16-19-11-7-4-8-12-19/h2-12,20H,1,13-17,21H2/t20-/m1/s1. The number of hydrogen-bond donors (Lipinski definition) is 1. The molecule has 0 spiro atoms. The average Bonchev–Trinajstić information content (AvgIpc) is 2.57. The normalized spacial score (nSPS) is 12.3. The van der Waals surface area contributed by atoms with Crippen molar-refractivity contribution in [3.63, 3.8) is 0 Å². The van der Waals surface area contributed by atoms with E-state index in [-0.39, 0.29) is 6.04 Å². The first-order valence-electron chi connectivity index (χ1n) is 8.02. The summed E-state index contributed by atoms with van der Waals surface area (Å²) < 4.78 is 5.73. The number of nitrogens with zero attached hydrogens (tertiary/aromatic N) is 1. The van der Waals surface area contributed by atoms with Crippen molar-refractivity contribution in [2.45, 2.75) is 19.2 Å². The van der Waals surface area contributed by atoms with Crippen LogP contribution in [0.1, 0.15) is 11.1 Å². The molecule has 1 atom stereocenters. The Labute approximate surface area is 139 Å². The highest BCUT2D eigenvalue weighted by Gasteiger charge is 2.10. The van der Waals surface area contributed by atoms with Crippen molar-refractivity contribution >= 4 is 0 Å². The van der Waals surface area contributed by atoms with Crippen LogP contribution in [0.15, 0.2) is 73.3 Å². The molecule has 2 rings (SSSR count). The van der Waals surface area contributed by atoms with Gasteiger partial charge in [0.1, 0.15) is 0 Å². The molecule has 122 valence electrons. The van der Waals surface area contributed by atoms with Crippen molar-refractivity contribution in [2.24, 2.45) is 5.73 Å². The highest BCUT2D eigenvalue weighted by molar-refractivity contribution is 5.15. The van der Waals surface area contributed by atoms with Crippen LogP contribution >= 0.6 is 0 Å². The first-order valence-corrected chi connectivity index (χ1v) is 8.02. The number of benzene rings is 2. The van der Waals surface area contributed by atoms with Gasteiger partial charge in [0.15, 0.2) is 0 Å². The number of hydrogen-bond acceptors (Lipinski definition) is 3. The van der Waals surface area contributed by atoms with Gasteiger partial charge in [0.25, 0.3) is 0 Å². The number of ether oxygens (including phenoxy) is 1. The molecule has 2 N–H and O–H groups in total. The summed E-state index contributed by atoms with van der Waals surface area (Å²) in [5.74, 6) is 0. The first kappa shape index (κ1) is 17.4. The fourth-order valence-corrected chi connectivity index (χ4v) is 2.51. The summed E-state index contributed by atoms with van der Waals surface area (Å²) in [4.78, 5) is 2.29. The summed E-state index contributed by atoms with van der Waals surface area (Å²) in [6, 6.07) is 20.6. The van der Waals surface area contributed by atoms with Gasteiger partial charge in [-0.3, -0.25) is 4.90 Å². The Morgan fingerprint density at radius 3 is 2.22 bits per heavy atom. The van der Waals surface area contributed by atoms with Gasteiger partial charge in [-0.05, 0) is 11.1 Å². The summed E-state index contributed by atoms with van der Waals surface area (Å²) >= 11 is 0. The van der Waals surface area contributed by atoms with Gasteiger partial charge >= 0.3 is 0 Å². The highest BCUT2D eigenvalue weighted by atomic mass is 16.5. The molecule has 3 heteroatoms. The van der Waals surface area contributed by atoms with E-state index in [4.69, 9.17) is 10.5 Å². The van der Waals surface area contributed by atoms with E-state index in [9.17, 15) is 0 Å². The summed E-state index contributed by atoms with van der Waals surface area (Å²) in [7, 11) is 0. The third-order valence-corrected chi connectivity index (χ3v) is 3.57. The molecule has 0 bridgehead atoms. The van der Waals surface area contributed by atoms with E-state index in [1.54, 1.807) is 0 Å². The van der Waals surface area contributed by atoms with Gasteiger partial charge in [-0.1, -0.05) is 66.7 Å². The van der Waals surface area contributed by atoms with Gasteiger partial charge in [-0.2, -0.15) is 0 Å². The first-order chi connectivity index (χ1) is 11.3. The van der Waals surface area contributed by atoms with E-state index in [1.807, 2.05) is 30.3 Å². The molecule has 0 aliphatic heterocycles. The van der Waals surface area contributed by atoms with Crippen LogP contribution in [0, 0.1) is 0 Å². The molecular formula is C20H26N2O. The van der Waals surface area contributed by atoms with E-state index in [0.29, 0.717) is 13.2 Å². The molecule has 0 radical (unpaired) electrons. The lowest BCUT2D eigenvalue weighted by Gasteiger charge is -2.24. The third-order valence-electron chi connectivity index (χ3n) is 3.57. The van der Waals surface area contributed by atoms with Crippen LogP contribution in [0.3, 0.4) is 0 Å². The number of nitrogens with two attached hydrogens (primary N) is 1. The molecule has 0 aliphatic carbocycles. The Bertz CT molecular complexity index is 556. The van der Waals surface area contributed by atoms with E-state index >= 15 is 0 Å². The highest BCUT2D eigenvalue weighted by Crippen LogP contribution is 2.06. The molecule has 2 aromatic carbocycles. The minimum Gasteiger partial charge on any atom is -0.375 e. The van der Waals surface area contributed by atoms with Crippen LogP contribution in [0.5, 0.6) is 0 Å². The van der Waals surface area contributed by atoms with Crippen molar-refractivity contribution in [3.8, 4) is 0 Å². The van der Waals surface area contributed by atoms with Gasteiger partial charge in [0, 0.05) is 25.7 Å². The lowest BCUT2D eigenvalue weighted by Crippen LogP contribution is -2.40. The summed E-state index contributed by atoms with van der Waals surface area (Å²) in [5, 5.41) is 0. The molecule has 0 heterocycles. The van der Waals surface area contributed by atoms with Crippen LogP contribution in [-0.4, -0.2) is 30.6 Å². The van der Waals surface area contributed by atoms with Gasteiger partial charge in [-0.25, -0.2) is 0 Å². The Morgan fingerprint density at radius 2 is 1.61 bits per heavy atom. The van der Waals surface area contributed by atoms with E-state index in [0.717, 1.165) is 19.6 Å². The second-order valence-corrected chi connectivity index (χ2v) is 5.73. The molecule has 2 aromatic rings. The molecule has 0 fully saturated rings. The second kappa shape index (κ2) is 9.95. The Balaban J connectivity index is 1.76. The third kappa shape index (κ3) is 6.78. The fourth-order valence-electron chi connectivity index (χ4n) is 2.51. The van der Waals surface area contributed by atoms with Crippen molar-refractivity contribution in [3.05, 3.63) is 84.4 Å². The lowest BCUT2D eigenvalue weighted by atomic mass is 10.2. The maximum Gasteiger partial charge on any atom is 0.0717 e. The predicted octanol–water partition coefficient (Wildman–Crippen LogP) is 3.22. The van der Waals surface area contributed by atoms with Gasteiger partial charge < -0.3 is 10.5 Å². The molecule has 0 aliphatic rings. The van der Waals surface area contributed by atoms with Gasteiger partial charge in [0.05, 0.1) is 13.2 Å². The minimum absolute atomic E-state index is 0.0117. The summed E-state index contributed by atoms with van der Waals surface area (Å²) in [6.45, 7) is 7.48. The smallest absolute Gasteiger partial charge is 0.0717 e. The zero-order valence-corrected chi connectivity index (χ0v) is 13.6. The van der Waals surface area contributed by atoms with Gasteiger partial charge in [0.2, 0.25) is 0 Å². The summed E-state index contributed by atoms with van der Waals surface area (Å²) in [5.41, 5.74) is 8.68. The monoisotopic (exact) mass is 310 g/mol. The predicted molar refractivity (Wildman–Crippen MR) is 96.0 cm³/mol. The van der Waals surface area contributed by atoms with Crippen LogP contribution in [0.2, 0.25) is 0 Å². The molecule has 0 saturated carbocycles. The molecular weight excluding hydrogens is 284 g/mol. The minimum atomic E-state index is -0.0117. The zero-order chi connectivity index (χ0) is 16.3. The Hall–Kier alpha value is -1.94. The second-order valence-electron chi connectivity index (χ2n) is 5.73. The average molecular weight is 310 g/mol. The zero-order valence-electron chi connectivity index (χ0n) is 13.6. The van der Waals surface area contributed by atoms with Gasteiger partial charge in [-0.15, -0.1) is 6.58 Å². The van der Waals surface area contributed by atoms with Crippen LogP contribution < -0.4 is 5.73 Å². The maximum atomic E-state index is 6.22. The van der Waals surface area contributed by atoms with Crippen molar-refractivity contribution in [1.82, 2.24) is 4.90 Å². The van der Waals surface area contributed by atoms with Crippen LogP contribution in [0.25, 0.3) is 0 Å². The molecule has 3 nitrogen and oxygen atoms in total. The lowest BCUT2D eigenvalue weighted by molar-refractivity contribution is 0.0958. The molecule has 0 aromatic heterocycles. The van der Waals surface area contributed by atoms with Crippen molar-refractivity contribution < 1.29 is 4.74 Å². The molecule has 0 unspecified atom stereocenters. The van der Waals surface area contributed by atoms with Crippen molar-refractivity contribution in [1.29, 1.82) is 0 Å². The topological polar surface area (TPSA) is 38.5 Å².